The molecular weight excluding hydrogens is 426 g/mol. The monoisotopic (exact) mass is 449 g/mol. The number of hydrogen-bond acceptors (Lipinski definition) is 5. The van der Waals surface area contributed by atoms with Gasteiger partial charge in [0.05, 0.1) is 35.6 Å². The molecule has 154 valence electrons. The minimum atomic E-state index is -0.252. The maximum absolute atomic E-state index is 12.2. The second kappa shape index (κ2) is 9.83. The highest BCUT2D eigenvalue weighted by molar-refractivity contribution is 8.02. The summed E-state index contributed by atoms with van der Waals surface area (Å²) in [6.07, 6.45) is 1.04. The van der Waals surface area contributed by atoms with Crippen molar-refractivity contribution in [1.29, 1.82) is 0 Å². The van der Waals surface area contributed by atoms with E-state index in [0.29, 0.717) is 16.6 Å². The van der Waals surface area contributed by atoms with Gasteiger partial charge in [0, 0.05) is 10.7 Å². The topological polar surface area (TPSA) is 47.6 Å². The van der Waals surface area contributed by atoms with E-state index in [4.69, 9.17) is 33.3 Å². The number of carbonyl (C=O) groups is 1. The van der Waals surface area contributed by atoms with Crippen LogP contribution in [0.1, 0.15) is 42.2 Å². The average molecular weight is 450 g/mol. The highest BCUT2D eigenvalue weighted by atomic mass is 35.5. The van der Waals surface area contributed by atoms with Crippen molar-refractivity contribution in [3.63, 3.8) is 0 Å². The van der Waals surface area contributed by atoms with Crippen molar-refractivity contribution in [3.05, 3.63) is 58.1 Å². The third kappa shape index (κ3) is 4.87. The molecule has 0 radical (unpaired) electrons. The molecule has 0 bridgehead atoms. The summed E-state index contributed by atoms with van der Waals surface area (Å²) in [6, 6.07) is 11.8. The first kappa shape index (κ1) is 21.9. The molecule has 2 atom stereocenters. The van der Waals surface area contributed by atoms with Crippen molar-refractivity contribution >= 4 is 52.2 Å². The molecule has 1 heterocycles. The fourth-order valence-electron chi connectivity index (χ4n) is 3.53. The van der Waals surface area contributed by atoms with Gasteiger partial charge in [0.2, 0.25) is 0 Å². The van der Waals surface area contributed by atoms with Gasteiger partial charge >= 0.3 is 5.97 Å². The van der Waals surface area contributed by atoms with Crippen LogP contribution >= 0.6 is 35.6 Å². The second-order valence-corrected chi connectivity index (χ2v) is 8.81. The van der Waals surface area contributed by atoms with E-state index in [2.05, 4.69) is 18.3 Å². The number of benzene rings is 2. The van der Waals surface area contributed by atoms with Gasteiger partial charge in [0.1, 0.15) is 5.75 Å². The number of methoxy groups -OCH3 is 1. The number of esters is 1. The molecule has 0 fully saturated rings. The van der Waals surface area contributed by atoms with E-state index in [9.17, 15) is 4.79 Å². The first-order valence-electron chi connectivity index (χ1n) is 9.55. The predicted molar refractivity (Wildman–Crippen MR) is 125 cm³/mol. The minimum Gasteiger partial charge on any atom is -0.496 e. The third-order valence-corrected chi connectivity index (χ3v) is 7.11. The van der Waals surface area contributed by atoms with Gasteiger partial charge in [0.15, 0.2) is 0 Å². The molecule has 29 heavy (non-hydrogen) atoms. The SMILES string of the molecule is CCOC(=O)C[C@H]1S[C@H](c2cccc(OC)c2CC)c2cc(Cl)ccc2NC1=S. The van der Waals surface area contributed by atoms with Gasteiger partial charge in [-0.15, -0.1) is 11.8 Å². The Labute approximate surface area is 186 Å². The van der Waals surface area contributed by atoms with Crippen molar-refractivity contribution in [2.45, 2.75) is 37.2 Å². The Morgan fingerprint density at radius 1 is 1.24 bits per heavy atom. The summed E-state index contributed by atoms with van der Waals surface area (Å²) in [4.78, 5) is 12.8. The molecule has 0 aliphatic carbocycles. The van der Waals surface area contributed by atoms with E-state index in [0.717, 1.165) is 34.5 Å². The molecule has 4 nitrogen and oxygen atoms in total. The fraction of sp³-hybridized carbons (Fsp3) is 0.364. The molecule has 0 saturated carbocycles. The smallest absolute Gasteiger partial charge is 0.307 e. The number of hydrogen-bond donors (Lipinski definition) is 1. The first-order valence-corrected chi connectivity index (χ1v) is 11.3. The van der Waals surface area contributed by atoms with Crippen LogP contribution in [0.5, 0.6) is 5.75 Å². The summed E-state index contributed by atoms with van der Waals surface area (Å²) in [6.45, 7) is 4.27. The summed E-state index contributed by atoms with van der Waals surface area (Å²) in [5.41, 5.74) is 4.23. The van der Waals surface area contributed by atoms with Crippen molar-refractivity contribution in [2.75, 3.05) is 19.0 Å². The second-order valence-electron chi connectivity index (χ2n) is 6.62. The fourth-order valence-corrected chi connectivity index (χ4v) is 5.52. The minimum absolute atomic E-state index is 0.0545. The van der Waals surface area contributed by atoms with E-state index in [1.165, 1.54) is 0 Å². The molecule has 3 rings (SSSR count). The Hall–Kier alpha value is -1.76. The number of fused-ring (bicyclic) bond motifs is 1. The maximum atomic E-state index is 12.2. The lowest BCUT2D eigenvalue weighted by molar-refractivity contribution is -0.142. The van der Waals surface area contributed by atoms with E-state index in [1.54, 1.807) is 25.8 Å². The van der Waals surface area contributed by atoms with Crippen LogP contribution in [0.15, 0.2) is 36.4 Å². The Bertz CT molecular complexity index is 919. The van der Waals surface area contributed by atoms with Crippen molar-refractivity contribution in [1.82, 2.24) is 0 Å². The molecule has 7 heteroatoms. The van der Waals surface area contributed by atoms with E-state index >= 15 is 0 Å². The van der Waals surface area contributed by atoms with Gasteiger partial charge in [-0.25, -0.2) is 0 Å². The number of anilines is 1. The van der Waals surface area contributed by atoms with Crippen LogP contribution in [0.4, 0.5) is 5.69 Å². The zero-order valence-electron chi connectivity index (χ0n) is 16.7. The lowest BCUT2D eigenvalue weighted by Gasteiger charge is -2.24. The largest absolute Gasteiger partial charge is 0.496 e. The Balaban J connectivity index is 2.10. The van der Waals surface area contributed by atoms with Gasteiger partial charge in [-0.1, -0.05) is 42.9 Å². The Kier molecular flexibility index (Phi) is 7.44. The van der Waals surface area contributed by atoms with Crippen molar-refractivity contribution < 1.29 is 14.3 Å². The molecule has 1 N–H and O–H groups in total. The molecule has 0 unspecified atom stereocenters. The van der Waals surface area contributed by atoms with Crippen LogP contribution in [0.25, 0.3) is 0 Å². The highest BCUT2D eigenvalue weighted by Gasteiger charge is 2.32. The lowest BCUT2D eigenvalue weighted by atomic mass is 9.96. The molecule has 2 aromatic rings. The van der Waals surface area contributed by atoms with Crippen LogP contribution in [-0.4, -0.2) is 29.9 Å². The molecule has 0 aromatic heterocycles. The zero-order valence-corrected chi connectivity index (χ0v) is 19.0. The molecule has 1 aliphatic heterocycles. The van der Waals surface area contributed by atoms with Crippen LogP contribution in [0.3, 0.4) is 0 Å². The number of carbonyl (C=O) groups excluding carboxylic acids is 1. The van der Waals surface area contributed by atoms with Crippen molar-refractivity contribution in [3.8, 4) is 5.75 Å². The Morgan fingerprint density at radius 3 is 2.72 bits per heavy atom. The summed E-state index contributed by atoms with van der Waals surface area (Å²) < 4.78 is 10.8. The van der Waals surface area contributed by atoms with Crippen LogP contribution in [0.2, 0.25) is 5.02 Å². The summed E-state index contributed by atoms with van der Waals surface area (Å²) in [5, 5.41) is 3.72. The van der Waals surface area contributed by atoms with Crippen LogP contribution in [-0.2, 0) is 16.0 Å². The van der Waals surface area contributed by atoms with E-state index in [-0.39, 0.29) is 22.9 Å². The number of thiocarbonyl (C=S) groups is 1. The molecular formula is C22H24ClNO3S2. The van der Waals surface area contributed by atoms with Gasteiger partial charge < -0.3 is 14.8 Å². The van der Waals surface area contributed by atoms with Gasteiger partial charge in [0.25, 0.3) is 0 Å². The zero-order chi connectivity index (χ0) is 21.0. The molecule has 2 aromatic carbocycles. The van der Waals surface area contributed by atoms with Gasteiger partial charge in [-0.2, -0.15) is 0 Å². The number of rotatable bonds is 6. The normalized spacial score (nSPS) is 18.4. The van der Waals surface area contributed by atoms with Crippen molar-refractivity contribution in [2.24, 2.45) is 0 Å². The molecule has 0 saturated heterocycles. The maximum Gasteiger partial charge on any atom is 0.307 e. The highest BCUT2D eigenvalue weighted by Crippen LogP contribution is 2.48. The standard InChI is InChI=1S/C22H24ClNO3S2/c1-4-14-15(7-6-8-18(14)26-3)21-16-11-13(23)9-10-17(16)24-22(28)19(29-21)12-20(25)27-5-2/h6-11,19,21H,4-5,12H2,1-3H3,(H,24,28)/t19-,21-/m1/s1. The van der Waals surface area contributed by atoms with Crippen LogP contribution < -0.4 is 10.1 Å². The number of thioether (sulfide) groups is 1. The molecule has 0 spiro atoms. The third-order valence-electron chi connectivity index (χ3n) is 4.83. The number of nitrogens with one attached hydrogen (secondary N) is 1. The molecule has 1 aliphatic rings. The lowest BCUT2D eigenvalue weighted by Crippen LogP contribution is -2.25. The van der Waals surface area contributed by atoms with E-state index < -0.39 is 0 Å². The van der Waals surface area contributed by atoms with Gasteiger partial charge in [-0.3, -0.25) is 4.79 Å². The quantitative estimate of drug-likeness (QED) is 0.443. The Morgan fingerprint density at radius 2 is 2.03 bits per heavy atom. The summed E-state index contributed by atoms with van der Waals surface area (Å²) in [5.74, 6) is 0.606. The predicted octanol–water partition coefficient (Wildman–Crippen LogP) is 5.81. The summed E-state index contributed by atoms with van der Waals surface area (Å²) >= 11 is 13.6. The van der Waals surface area contributed by atoms with Gasteiger partial charge in [-0.05, 0) is 54.3 Å². The molecule has 0 amide bonds. The first-order chi connectivity index (χ1) is 14.0. The average Bonchev–Trinajstić information content (AvgIpc) is 2.84. The summed E-state index contributed by atoms with van der Waals surface area (Å²) in [7, 11) is 1.68. The van der Waals surface area contributed by atoms with Crippen LogP contribution in [0, 0.1) is 0 Å². The van der Waals surface area contributed by atoms with E-state index in [1.807, 2.05) is 30.3 Å². The number of halogens is 1. The number of ether oxygens (including phenoxy) is 2.